The lowest BCUT2D eigenvalue weighted by molar-refractivity contribution is -0.138. The maximum absolute atomic E-state index is 11.7. The maximum Gasteiger partial charge on any atom is 0.405 e. The summed E-state index contributed by atoms with van der Waals surface area (Å²) in [4.78, 5) is 21.3. The molecule has 0 saturated heterocycles. The minimum absolute atomic E-state index is 0.0204. The number of nitrogens with one attached hydrogen (secondary N) is 2. The number of amides is 2. The van der Waals surface area contributed by atoms with Crippen LogP contribution < -0.4 is 16.4 Å². The van der Waals surface area contributed by atoms with Gasteiger partial charge in [-0.1, -0.05) is 0 Å². The van der Waals surface area contributed by atoms with Crippen LogP contribution in [0, 0.1) is 0 Å². The van der Waals surface area contributed by atoms with E-state index in [9.17, 15) is 22.8 Å². The Balaban J connectivity index is 3.69. The Bertz CT molecular complexity index is 255. The number of carbonyl (C=O) groups is 2. The molecule has 0 fully saturated rings. The normalized spacial score (nSPS) is 13.2. The van der Waals surface area contributed by atoms with Crippen molar-refractivity contribution in [3.05, 3.63) is 0 Å². The minimum atomic E-state index is -4.42. The summed E-state index contributed by atoms with van der Waals surface area (Å²) >= 11 is 0. The molecule has 94 valence electrons. The van der Waals surface area contributed by atoms with E-state index < -0.39 is 24.5 Å². The molecule has 0 aliphatic carbocycles. The molecule has 0 spiro atoms. The van der Waals surface area contributed by atoms with E-state index in [-0.39, 0.29) is 19.0 Å². The van der Waals surface area contributed by atoms with Crippen LogP contribution in [0.2, 0.25) is 0 Å². The number of hydrogen-bond acceptors (Lipinski definition) is 3. The average molecular weight is 241 g/mol. The van der Waals surface area contributed by atoms with Crippen molar-refractivity contribution in [3.8, 4) is 0 Å². The molecule has 0 aromatic rings. The highest BCUT2D eigenvalue weighted by atomic mass is 19.4. The van der Waals surface area contributed by atoms with Crippen LogP contribution in [0.3, 0.4) is 0 Å². The Morgan fingerprint density at radius 1 is 1.38 bits per heavy atom. The lowest BCUT2D eigenvalue weighted by Crippen LogP contribution is -2.42. The van der Waals surface area contributed by atoms with Gasteiger partial charge in [0, 0.05) is 12.5 Å². The zero-order valence-corrected chi connectivity index (χ0v) is 8.73. The summed E-state index contributed by atoms with van der Waals surface area (Å²) in [5.74, 6) is -1.33. The van der Waals surface area contributed by atoms with Crippen molar-refractivity contribution in [2.75, 3.05) is 13.1 Å². The van der Waals surface area contributed by atoms with Gasteiger partial charge in [-0.15, -0.1) is 0 Å². The van der Waals surface area contributed by atoms with Gasteiger partial charge >= 0.3 is 6.18 Å². The first-order valence-corrected chi connectivity index (χ1v) is 4.56. The molecule has 4 N–H and O–H groups in total. The quantitative estimate of drug-likeness (QED) is 0.587. The van der Waals surface area contributed by atoms with E-state index in [0.29, 0.717) is 0 Å². The Labute approximate surface area is 90.6 Å². The van der Waals surface area contributed by atoms with Crippen LogP contribution in [-0.4, -0.2) is 37.1 Å². The Morgan fingerprint density at radius 2 is 1.94 bits per heavy atom. The number of rotatable bonds is 6. The van der Waals surface area contributed by atoms with Gasteiger partial charge in [0.05, 0.1) is 6.54 Å². The van der Waals surface area contributed by atoms with Gasteiger partial charge in [0.1, 0.15) is 6.54 Å². The molecule has 0 aliphatic rings. The molecule has 0 heterocycles. The minimum Gasteiger partial charge on any atom is -0.370 e. The molecule has 5 nitrogen and oxygen atoms in total. The first-order chi connectivity index (χ1) is 7.20. The number of halogens is 3. The fourth-order valence-corrected chi connectivity index (χ4v) is 0.902. The van der Waals surface area contributed by atoms with Crippen molar-refractivity contribution < 1.29 is 22.8 Å². The number of primary amides is 1. The molecule has 0 bridgehead atoms. The lowest BCUT2D eigenvalue weighted by Gasteiger charge is -2.12. The second-order valence-electron chi connectivity index (χ2n) is 3.34. The fraction of sp³-hybridized carbons (Fsp3) is 0.750. The molecule has 0 aliphatic heterocycles. The van der Waals surface area contributed by atoms with Crippen molar-refractivity contribution in [2.45, 2.75) is 25.6 Å². The van der Waals surface area contributed by atoms with Crippen LogP contribution in [0.15, 0.2) is 0 Å². The highest BCUT2D eigenvalue weighted by Crippen LogP contribution is 2.11. The third-order valence-electron chi connectivity index (χ3n) is 1.60. The van der Waals surface area contributed by atoms with Gasteiger partial charge in [-0.2, -0.15) is 13.2 Å². The third-order valence-corrected chi connectivity index (χ3v) is 1.60. The molecule has 16 heavy (non-hydrogen) atoms. The van der Waals surface area contributed by atoms with Crippen LogP contribution in [0.5, 0.6) is 0 Å². The Kier molecular flexibility index (Phi) is 5.79. The molecule has 0 radical (unpaired) electrons. The highest BCUT2D eigenvalue weighted by Gasteiger charge is 2.27. The molecule has 0 aromatic heterocycles. The lowest BCUT2D eigenvalue weighted by atomic mass is 10.2. The summed E-state index contributed by atoms with van der Waals surface area (Å²) in [5.41, 5.74) is 4.89. The van der Waals surface area contributed by atoms with Gasteiger partial charge in [0.2, 0.25) is 11.8 Å². The molecular weight excluding hydrogens is 227 g/mol. The fourth-order valence-electron chi connectivity index (χ4n) is 0.902. The topological polar surface area (TPSA) is 84.2 Å². The second kappa shape index (κ2) is 6.31. The molecule has 1 unspecified atom stereocenters. The van der Waals surface area contributed by atoms with Gasteiger partial charge in [-0.25, -0.2) is 0 Å². The summed E-state index contributed by atoms with van der Waals surface area (Å²) < 4.78 is 35.1. The monoisotopic (exact) mass is 241 g/mol. The van der Waals surface area contributed by atoms with Crippen LogP contribution >= 0.6 is 0 Å². The summed E-state index contributed by atoms with van der Waals surface area (Å²) in [5, 5.41) is 4.26. The van der Waals surface area contributed by atoms with Gasteiger partial charge in [-0.3, -0.25) is 9.59 Å². The highest BCUT2D eigenvalue weighted by molar-refractivity contribution is 5.78. The van der Waals surface area contributed by atoms with E-state index in [1.807, 2.05) is 0 Å². The molecule has 2 amide bonds. The van der Waals surface area contributed by atoms with Crippen molar-refractivity contribution in [1.29, 1.82) is 0 Å². The molecule has 8 heteroatoms. The van der Waals surface area contributed by atoms with Crippen molar-refractivity contribution >= 4 is 11.8 Å². The first kappa shape index (κ1) is 14.7. The van der Waals surface area contributed by atoms with Crippen LogP contribution in [0.25, 0.3) is 0 Å². The largest absolute Gasteiger partial charge is 0.405 e. The van der Waals surface area contributed by atoms with Crippen LogP contribution in [-0.2, 0) is 9.59 Å². The van der Waals surface area contributed by atoms with Crippen molar-refractivity contribution in [3.63, 3.8) is 0 Å². The average Bonchev–Trinajstić information content (AvgIpc) is 2.09. The molecule has 0 rings (SSSR count). The van der Waals surface area contributed by atoms with E-state index in [4.69, 9.17) is 5.73 Å². The van der Waals surface area contributed by atoms with E-state index >= 15 is 0 Å². The summed E-state index contributed by atoms with van der Waals surface area (Å²) in [6.07, 6.45) is -4.40. The number of nitrogens with two attached hydrogens (primary N) is 1. The van der Waals surface area contributed by atoms with Crippen molar-refractivity contribution in [2.24, 2.45) is 5.73 Å². The molecular formula is C8H14F3N3O2. The maximum atomic E-state index is 11.7. The number of alkyl halides is 3. The SMILES string of the molecule is CC(CC(N)=O)NCC(=O)NCC(F)(F)F. The van der Waals surface area contributed by atoms with Gasteiger partial charge in [-0.05, 0) is 6.92 Å². The molecule has 0 aromatic carbocycles. The smallest absolute Gasteiger partial charge is 0.370 e. The van der Waals surface area contributed by atoms with Gasteiger partial charge in [0.15, 0.2) is 0 Å². The van der Waals surface area contributed by atoms with Crippen molar-refractivity contribution in [1.82, 2.24) is 10.6 Å². The predicted molar refractivity (Wildman–Crippen MR) is 50.3 cm³/mol. The zero-order chi connectivity index (χ0) is 12.8. The summed E-state index contributed by atoms with van der Waals surface area (Å²) in [6, 6.07) is -0.353. The first-order valence-electron chi connectivity index (χ1n) is 4.56. The molecule has 0 saturated carbocycles. The van der Waals surface area contributed by atoms with Crippen LogP contribution in [0.4, 0.5) is 13.2 Å². The summed E-state index contributed by atoms with van der Waals surface area (Å²) in [7, 11) is 0. The van der Waals surface area contributed by atoms with E-state index in [1.54, 1.807) is 12.2 Å². The van der Waals surface area contributed by atoms with Crippen LogP contribution in [0.1, 0.15) is 13.3 Å². The van der Waals surface area contributed by atoms with E-state index in [0.717, 1.165) is 0 Å². The van der Waals surface area contributed by atoms with E-state index in [2.05, 4.69) is 5.32 Å². The standard InChI is InChI=1S/C8H14F3N3O2/c1-5(2-6(12)15)13-3-7(16)14-4-8(9,10)11/h5,13H,2-4H2,1H3,(H2,12,15)(H,14,16). The predicted octanol–water partition coefficient (Wildman–Crippen LogP) is -0.482. The Morgan fingerprint density at radius 3 is 2.38 bits per heavy atom. The number of carbonyl (C=O) groups excluding carboxylic acids is 2. The molecule has 1 atom stereocenters. The van der Waals surface area contributed by atoms with Gasteiger partial charge in [0.25, 0.3) is 0 Å². The van der Waals surface area contributed by atoms with E-state index in [1.165, 1.54) is 0 Å². The Hall–Kier alpha value is -1.31. The third kappa shape index (κ3) is 9.25. The second-order valence-corrected chi connectivity index (χ2v) is 3.34. The zero-order valence-electron chi connectivity index (χ0n) is 8.73. The summed E-state index contributed by atoms with van der Waals surface area (Å²) in [6.45, 7) is -0.0515. The number of hydrogen-bond donors (Lipinski definition) is 3. The van der Waals surface area contributed by atoms with Gasteiger partial charge < -0.3 is 16.4 Å².